The van der Waals surface area contributed by atoms with Gasteiger partial charge in [0, 0.05) is 30.2 Å². The molecular formula is C13H18BrClO3. The second-order valence-corrected chi connectivity index (χ2v) is 4.88. The van der Waals surface area contributed by atoms with Gasteiger partial charge in [0.05, 0.1) is 25.7 Å². The third kappa shape index (κ3) is 6.05. The van der Waals surface area contributed by atoms with Gasteiger partial charge in [0.15, 0.2) is 0 Å². The molecule has 0 fully saturated rings. The normalized spacial score (nSPS) is 10.6. The predicted octanol–water partition coefficient (Wildman–Crippen LogP) is 3.62. The van der Waals surface area contributed by atoms with Crippen LogP contribution in [0, 0.1) is 0 Å². The molecule has 0 aliphatic carbocycles. The van der Waals surface area contributed by atoms with Crippen LogP contribution in [0.1, 0.15) is 12.0 Å². The third-order valence-corrected chi connectivity index (χ3v) is 3.07. The van der Waals surface area contributed by atoms with E-state index in [1.54, 1.807) is 7.11 Å². The number of alkyl halides is 1. The standard InChI is InChI=1S/C13H18BrClO3/c1-16-7-8-17-5-2-6-18-13-4-3-12(14)9-11(13)10-15/h3-4,9H,2,5-8,10H2,1H3. The molecule has 0 saturated heterocycles. The van der Waals surface area contributed by atoms with Gasteiger partial charge < -0.3 is 14.2 Å². The van der Waals surface area contributed by atoms with Gasteiger partial charge in [-0.1, -0.05) is 15.9 Å². The van der Waals surface area contributed by atoms with E-state index in [0.29, 0.717) is 32.3 Å². The molecule has 0 unspecified atom stereocenters. The van der Waals surface area contributed by atoms with Gasteiger partial charge in [-0.05, 0) is 18.2 Å². The number of ether oxygens (including phenoxy) is 3. The first-order valence-electron chi connectivity index (χ1n) is 5.81. The van der Waals surface area contributed by atoms with Crippen molar-refractivity contribution in [3.05, 3.63) is 28.2 Å². The summed E-state index contributed by atoms with van der Waals surface area (Å²) in [5.41, 5.74) is 0.992. The first-order valence-corrected chi connectivity index (χ1v) is 7.14. The van der Waals surface area contributed by atoms with Crippen molar-refractivity contribution in [3.8, 4) is 5.75 Å². The Labute approximate surface area is 121 Å². The summed E-state index contributed by atoms with van der Waals surface area (Å²) >= 11 is 9.27. The summed E-state index contributed by atoms with van der Waals surface area (Å²) in [4.78, 5) is 0. The molecule has 0 atom stereocenters. The summed E-state index contributed by atoms with van der Waals surface area (Å²) in [5.74, 6) is 1.28. The van der Waals surface area contributed by atoms with Crippen molar-refractivity contribution < 1.29 is 14.2 Å². The summed E-state index contributed by atoms with van der Waals surface area (Å²) in [7, 11) is 1.66. The minimum absolute atomic E-state index is 0.444. The molecule has 102 valence electrons. The molecule has 0 radical (unpaired) electrons. The molecule has 0 bridgehead atoms. The maximum atomic E-state index is 5.86. The molecule has 0 saturated carbocycles. The van der Waals surface area contributed by atoms with Crippen molar-refractivity contribution in [2.45, 2.75) is 12.3 Å². The Morgan fingerprint density at radius 2 is 2.00 bits per heavy atom. The highest BCUT2D eigenvalue weighted by Crippen LogP contribution is 2.24. The van der Waals surface area contributed by atoms with Gasteiger partial charge in [0.2, 0.25) is 0 Å². The molecule has 0 N–H and O–H groups in total. The van der Waals surface area contributed by atoms with Crippen molar-refractivity contribution in [2.75, 3.05) is 33.5 Å². The fourth-order valence-electron chi connectivity index (χ4n) is 1.38. The van der Waals surface area contributed by atoms with Crippen LogP contribution in [0.3, 0.4) is 0 Å². The van der Waals surface area contributed by atoms with Crippen LogP contribution in [0.4, 0.5) is 0 Å². The molecule has 0 aliphatic heterocycles. The number of halogens is 2. The van der Waals surface area contributed by atoms with E-state index in [1.807, 2.05) is 18.2 Å². The maximum absolute atomic E-state index is 5.86. The van der Waals surface area contributed by atoms with E-state index in [0.717, 1.165) is 22.2 Å². The lowest BCUT2D eigenvalue weighted by molar-refractivity contribution is 0.0644. The van der Waals surface area contributed by atoms with Gasteiger partial charge in [-0.25, -0.2) is 0 Å². The number of hydrogen-bond acceptors (Lipinski definition) is 3. The van der Waals surface area contributed by atoms with Crippen LogP contribution in [0.25, 0.3) is 0 Å². The van der Waals surface area contributed by atoms with Gasteiger partial charge >= 0.3 is 0 Å². The van der Waals surface area contributed by atoms with Gasteiger partial charge in [-0.2, -0.15) is 0 Å². The zero-order valence-electron chi connectivity index (χ0n) is 10.5. The topological polar surface area (TPSA) is 27.7 Å². The highest BCUT2D eigenvalue weighted by atomic mass is 79.9. The fraction of sp³-hybridized carbons (Fsp3) is 0.538. The average molecular weight is 338 g/mol. The maximum Gasteiger partial charge on any atom is 0.123 e. The zero-order chi connectivity index (χ0) is 13.2. The molecule has 0 spiro atoms. The van der Waals surface area contributed by atoms with E-state index in [9.17, 15) is 0 Å². The van der Waals surface area contributed by atoms with E-state index >= 15 is 0 Å². The van der Waals surface area contributed by atoms with Crippen molar-refractivity contribution in [2.24, 2.45) is 0 Å². The molecule has 1 rings (SSSR count). The summed E-state index contributed by atoms with van der Waals surface area (Å²) in [6.07, 6.45) is 0.849. The van der Waals surface area contributed by atoms with Crippen molar-refractivity contribution in [3.63, 3.8) is 0 Å². The smallest absolute Gasteiger partial charge is 0.123 e. The van der Waals surface area contributed by atoms with Crippen LogP contribution in [0.5, 0.6) is 5.75 Å². The lowest BCUT2D eigenvalue weighted by Gasteiger charge is -2.10. The van der Waals surface area contributed by atoms with E-state index in [2.05, 4.69) is 15.9 Å². The van der Waals surface area contributed by atoms with E-state index in [4.69, 9.17) is 25.8 Å². The summed E-state index contributed by atoms with van der Waals surface area (Å²) < 4.78 is 16.9. The van der Waals surface area contributed by atoms with Crippen LogP contribution in [0.15, 0.2) is 22.7 Å². The Bertz CT molecular complexity index is 347. The van der Waals surface area contributed by atoms with Crippen LogP contribution in [-0.4, -0.2) is 33.5 Å². The largest absolute Gasteiger partial charge is 0.493 e. The van der Waals surface area contributed by atoms with Gasteiger partial charge in [-0.15, -0.1) is 11.6 Å². The van der Waals surface area contributed by atoms with Gasteiger partial charge in [0.1, 0.15) is 5.75 Å². The molecule has 1 aromatic carbocycles. The van der Waals surface area contributed by atoms with E-state index in [-0.39, 0.29) is 0 Å². The van der Waals surface area contributed by atoms with Crippen LogP contribution < -0.4 is 4.74 Å². The first-order chi connectivity index (χ1) is 8.77. The lowest BCUT2D eigenvalue weighted by atomic mass is 10.2. The molecular weight excluding hydrogens is 319 g/mol. The minimum Gasteiger partial charge on any atom is -0.493 e. The Kier molecular flexibility index (Phi) is 8.42. The molecule has 0 aliphatic rings. The van der Waals surface area contributed by atoms with Crippen molar-refractivity contribution in [1.82, 2.24) is 0 Å². The van der Waals surface area contributed by atoms with Crippen LogP contribution in [-0.2, 0) is 15.4 Å². The van der Waals surface area contributed by atoms with E-state index in [1.165, 1.54) is 0 Å². The lowest BCUT2D eigenvalue weighted by Crippen LogP contribution is -2.07. The van der Waals surface area contributed by atoms with Crippen LogP contribution in [0.2, 0.25) is 0 Å². The molecule has 0 aromatic heterocycles. The number of hydrogen-bond donors (Lipinski definition) is 0. The highest BCUT2D eigenvalue weighted by Gasteiger charge is 2.03. The highest BCUT2D eigenvalue weighted by molar-refractivity contribution is 9.10. The molecule has 3 nitrogen and oxygen atoms in total. The second kappa shape index (κ2) is 9.62. The number of rotatable bonds is 9. The minimum atomic E-state index is 0.444. The molecule has 0 heterocycles. The average Bonchev–Trinajstić information content (AvgIpc) is 2.39. The molecule has 0 amide bonds. The Hall–Kier alpha value is -0.290. The fourth-order valence-corrected chi connectivity index (χ4v) is 2.00. The summed E-state index contributed by atoms with van der Waals surface area (Å²) in [6, 6.07) is 5.84. The Morgan fingerprint density at radius 1 is 1.17 bits per heavy atom. The van der Waals surface area contributed by atoms with E-state index < -0.39 is 0 Å². The molecule has 5 heteroatoms. The van der Waals surface area contributed by atoms with Crippen molar-refractivity contribution in [1.29, 1.82) is 0 Å². The quantitative estimate of drug-likeness (QED) is 0.509. The Morgan fingerprint density at radius 3 is 2.72 bits per heavy atom. The zero-order valence-corrected chi connectivity index (χ0v) is 12.8. The first kappa shape index (κ1) is 15.8. The summed E-state index contributed by atoms with van der Waals surface area (Å²) in [5, 5.41) is 0. The van der Waals surface area contributed by atoms with Crippen LogP contribution >= 0.6 is 27.5 Å². The molecule has 1 aromatic rings. The predicted molar refractivity (Wildman–Crippen MR) is 76.5 cm³/mol. The SMILES string of the molecule is COCCOCCCOc1ccc(Br)cc1CCl. The third-order valence-electron chi connectivity index (χ3n) is 2.29. The molecule has 18 heavy (non-hydrogen) atoms. The van der Waals surface area contributed by atoms with Crippen molar-refractivity contribution >= 4 is 27.5 Å². The van der Waals surface area contributed by atoms with Gasteiger partial charge in [0.25, 0.3) is 0 Å². The number of methoxy groups -OCH3 is 1. The summed E-state index contributed by atoms with van der Waals surface area (Å²) in [6.45, 7) is 2.56. The van der Waals surface area contributed by atoms with Gasteiger partial charge in [-0.3, -0.25) is 0 Å². The number of benzene rings is 1. The monoisotopic (exact) mass is 336 g/mol. The second-order valence-electron chi connectivity index (χ2n) is 3.69. The Balaban J connectivity index is 2.22.